The van der Waals surface area contributed by atoms with Crippen LogP contribution in [-0.2, 0) is 0 Å². The molecule has 264 valence electrons. The molecule has 0 amide bonds. The van der Waals surface area contributed by atoms with Crippen LogP contribution in [0.25, 0.3) is 43.6 Å². The Hall–Kier alpha value is -5.30. The summed E-state index contributed by atoms with van der Waals surface area (Å²) in [6.07, 6.45) is 14.3. The van der Waals surface area contributed by atoms with Crippen LogP contribution in [0.2, 0.25) is 0 Å². The maximum atomic E-state index is 4.81. The van der Waals surface area contributed by atoms with Gasteiger partial charge in [0.05, 0.1) is 0 Å². The minimum absolute atomic E-state index is 0.273. The van der Waals surface area contributed by atoms with Crippen LogP contribution in [-0.4, -0.2) is 71.9 Å². The third-order valence-corrected chi connectivity index (χ3v) is 19.3. The van der Waals surface area contributed by atoms with Gasteiger partial charge in [-0.05, 0) is 0 Å². The second kappa shape index (κ2) is 12.7. The zero-order valence-corrected chi connectivity index (χ0v) is 32.7. The number of fused-ring (bicyclic) bond motifs is 8. The van der Waals surface area contributed by atoms with Crippen molar-refractivity contribution in [1.82, 2.24) is 39.9 Å². The molecule has 10 nitrogen and oxygen atoms in total. The molecular weight excluding hydrogens is 694 g/mol. The van der Waals surface area contributed by atoms with Gasteiger partial charge in [0, 0.05) is 0 Å². The first kappa shape index (κ1) is 33.5. The summed E-state index contributed by atoms with van der Waals surface area (Å²) in [5.74, 6) is 0. The molecule has 1 aliphatic heterocycles. The number of hydrogen-bond donors (Lipinski definition) is 0. The van der Waals surface area contributed by atoms with E-state index in [2.05, 4.69) is 127 Å². The number of hydrogen-bond acceptors (Lipinski definition) is 10. The Morgan fingerprint density at radius 3 is 1.17 bits per heavy atom. The third-order valence-electron chi connectivity index (χ3n) is 11.2. The Morgan fingerprint density at radius 2 is 0.830 bits per heavy atom. The van der Waals surface area contributed by atoms with Gasteiger partial charge in [-0.25, -0.2) is 0 Å². The summed E-state index contributed by atoms with van der Waals surface area (Å²) in [7, 11) is 0.763. The van der Waals surface area contributed by atoms with Crippen LogP contribution >= 0.6 is 15.2 Å². The van der Waals surface area contributed by atoms with E-state index in [9.17, 15) is 0 Å². The summed E-state index contributed by atoms with van der Waals surface area (Å²) < 4.78 is 0. The molecule has 0 saturated carbocycles. The molecule has 0 fully saturated rings. The van der Waals surface area contributed by atoms with E-state index in [1.165, 1.54) is 21.2 Å². The van der Waals surface area contributed by atoms with Crippen LogP contribution < -0.4 is 31.0 Å². The summed E-state index contributed by atoms with van der Waals surface area (Å²) in [5, 5.41) is 9.12. The van der Waals surface area contributed by atoms with Gasteiger partial charge in [-0.3, -0.25) is 0 Å². The van der Waals surface area contributed by atoms with E-state index in [0.29, 0.717) is 5.66 Å². The van der Waals surface area contributed by atoms with Gasteiger partial charge in [0.15, 0.2) is 0 Å². The molecule has 9 rings (SSSR count). The van der Waals surface area contributed by atoms with Crippen molar-refractivity contribution in [2.24, 2.45) is 0 Å². The fraction of sp³-hybridized carbons (Fsp3) is 0.220. The van der Waals surface area contributed by atoms with E-state index in [4.69, 9.17) is 19.9 Å². The van der Waals surface area contributed by atoms with Crippen molar-refractivity contribution in [2.75, 3.05) is 30.6 Å². The molecule has 0 atom stereocenters. The van der Waals surface area contributed by atoms with Crippen molar-refractivity contribution < 1.29 is 0 Å². The van der Waals surface area contributed by atoms with Crippen LogP contribution in [0.5, 0.6) is 0 Å². The first-order valence-electron chi connectivity index (χ1n) is 17.9. The second-order valence-electron chi connectivity index (χ2n) is 14.7. The molecule has 0 saturated heterocycles. The van der Waals surface area contributed by atoms with Gasteiger partial charge in [-0.15, -0.1) is 0 Å². The first-order valence-corrected chi connectivity index (χ1v) is 21.8. The van der Waals surface area contributed by atoms with E-state index in [1.54, 1.807) is 25.3 Å². The predicted molar refractivity (Wildman–Crippen MR) is 224 cm³/mol. The Balaban J connectivity index is 1.50. The van der Waals surface area contributed by atoms with Crippen molar-refractivity contribution in [3.8, 4) is 0 Å². The molecule has 0 radical (unpaired) electrons. The van der Waals surface area contributed by atoms with Gasteiger partial charge in [0.1, 0.15) is 0 Å². The fourth-order valence-corrected chi connectivity index (χ4v) is 14.8. The van der Waals surface area contributed by atoms with E-state index < -0.39 is 15.2 Å². The third kappa shape index (κ3) is 5.30. The zero-order chi connectivity index (χ0) is 36.6. The molecule has 0 aliphatic carbocycles. The molecule has 12 heteroatoms. The number of benzene rings is 4. The standard InChI is InChI=1S/C41H40N10P2/c1-24(2)52-38-12-30-26(16-42-20-46-30)8-34(38)50(5)36-10-28-18-44-22-48-32(28)14-40(36)53(7,25(3)4)41-15-33-29(19-45-23-49-33)11-37(41)51(6)35-9-27-17-43-21-47-31(27)13-39(35)52/h8-25,53H,1-7H3. The molecule has 0 N–H and O–H groups in total. The Kier molecular flexibility index (Phi) is 8.02. The summed E-state index contributed by atoms with van der Waals surface area (Å²) in [4.78, 5) is 41.8. The molecule has 1 aliphatic rings. The Morgan fingerprint density at radius 1 is 0.491 bits per heavy atom. The van der Waals surface area contributed by atoms with E-state index in [1.807, 2.05) is 24.8 Å². The van der Waals surface area contributed by atoms with Crippen LogP contribution in [0.1, 0.15) is 27.7 Å². The van der Waals surface area contributed by atoms with Gasteiger partial charge < -0.3 is 0 Å². The van der Waals surface area contributed by atoms with Gasteiger partial charge in [0.25, 0.3) is 0 Å². The quantitative estimate of drug-likeness (QED) is 0.174. The first-order chi connectivity index (χ1) is 25.6. The van der Waals surface area contributed by atoms with Crippen molar-refractivity contribution >= 4 is 103 Å². The summed E-state index contributed by atoms with van der Waals surface area (Å²) in [6, 6.07) is 18.4. The Labute approximate surface area is 309 Å². The van der Waals surface area contributed by atoms with Crippen LogP contribution in [0.15, 0.2) is 98.6 Å². The van der Waals surface area contributed by atoms with Crippen LogP contribution in [0.4, 0.5) is 22.7 Å². The molecule has 0 bridgehead atoms. The van der Waals surface area contributed by atoms with E-state index in [0.717, 1.165) is 66.4 Å². The zero-order valence-electron chi connectivity index (χ0n) is 30.8. The monoisotopic (exact) mass is 734 g/mol. The summed E-state index contributed by atoms with van der Waals surface area (Å²) >= 11 is 0. The van der Waals surface area contributed by atoms with Crippen LogP contribution in [0, 0.1) is 0 Å². The topological polar surface area (TPSA) is 110 Å². The van der Waals surface area contributed by atoms with Gasteiger partial charge in [0.2, 0.25) is 0 Å². The normalized spacial score (nSPS) is 16.3. The molecule has 53 heavy (non-hydrogen) atoms. The number of aromatic nitrogens is 8. The molecule has 4 aromatic carbocycles. The van der Waals surface area contributed by atoms with Crippen molar-refractivity contribution in [3.05, 3.63) is 98.6 Å². The van der Waals surface area contributed by atoms with E-state index >= 15 is 0 Å². The van der Waals surface area contributed by atoms with E-state index in [-0.39, 0.29) is 5.66 Å². The minimum atomic E-state index is -2.69. The number of nitrogens with zero attached hydrogens (tertiary/aromatic N) is 10. The molecule has 8 aromatic rings. The molecule has 4 aromatic heterocycles. The van der Waals surface area contributed by atoms with Crippen molar-refractivity contribution in [3.63, 3.8) is 0 Å². The molecular formula is C41H40N10P2. The predicted octanol–water partition coefficient (Wildman–Crippen LogP) is 6.89. The SMILES string of the molecule is CC(C)P1c2cc3ncncc3cc2N(C)c2cc3cncnc3cc2[PH](C)(C(C)C)c2cc3ncncc3cc2N(C)c2cc3cncnc3cc21. The van der Waals surface area contributed by atoms with Gasteiger partial charge >= 0.3 is 311 Å². The summed E-state index contributed by atoms with van der Waals surface area (Å²) in [6.45, 7) is 11.9. The Bertz CT molecular complexity index is 2560. The summed E-state index contributed by atoms with van der Waals surface area (Å²) in [5.41, 5.74) is 8.85. The molecule has 0 spiro atoms. The van der Waals surface area contributed by atoms with Gasteiger partial charge in [-0.2, -0.15) is 0 Å². The average Bonchev–Trinajstić information content (AvgIpc) is 3.18. The molecule has 0 unspecified atom stereocenters. The average molecular weight is 735 g/mol. The van der Waals surface area contributed by atoms with Crippen molar-refractivity contribution in [1.29, 1.82) is 0 Å². The second-order valence-corrected chi connectivity index (χ2v) is 22.1. The molecule has 5 heterocycles. The van der Waals surface area contributed by atoms with Gasteiger partial charge in [-0.1, -0.05) is 0 Å². The number of anilines is 4. The van der Waals surface area contributed by atoms with Crippen molar-refractivity contribution in [2.45, 2.75) is 39.0 Å². The number of rotatable bonds is 2. The van der Waals surface area contributed by atoms with Crippen LogP contribution in [0.3, 0.4) is 0 Å². The maximum absolute atomic E-state index is 4.81. The fourth-order valence-electron chi connectivity index (χ4n) is 8.07.